The molecule has 0 N–H and O–H groups in total. The molecule has 0 aliphatic carbocycles. The summed E-state index contributed by atoms with van der Waals surface area (Å²) in [5, 5.41) is 0.844. The van der Waals surface area contributed by atoms with Crippen LogP contribution in [0.5, 0.6) is 11.5 Å². The number of hydrogen-bond acceptors (Lipinski definition) is 3. The van der Waals surface area contributed by atoms with Gasteiger partial charge in [0.15, 0.2) is 9.84 Å². The molecule has 0 heterocycles. The molecular weight excluding hydrogens is 319 g/mol. The fourth-order valence-corrected chi connectivity index (χ4v) is 3.02. The number of benzene rings is 2. The summed E-state index contributed by atoms with van der Waals surface area (Å²) in [5.41, 5.74) is 0.630. The number of aryl methyl sites for hydroxylation is 1. The first-order valence-electron chi connectivity index (χ1n) is 5.71. The average Bonchev–Trinajstić information content (AvgIpc) is 2.32. The largest absolute Gasteiger partial charge is 0.457 e. The molecule has 0 saturated heterocycles. The second-order valence-electron chi connectivity index (χ2n) is 4.38. The van der Waals surface area contributed by atoms with Crippen molar-refractivity contribution in [2.24, 2.45) is 0 Å². The van der Waals surface area contributed by atoms with Crippen molar-refractivity contribution in [3.8, 4) is 11.5 Å². The third kappa shape index (κ3) is 3.45. The van der Waals surface area contributed by atoms with Crippen LogP contribution in [0.1, 0.15) is 5.56 Å². The van der Waals surface area contributed by atoms with Crippen LogP contribution in [0.4, 0.5) is 0 Å². The second-order valence-corrected chi connectivity index (χ2v) is 7.18. The summed E-state index contributed by atoms with van der Waals surface area (Å²) in [5.74, 6) is 1.07. The molecule has 0 fully saturated rings. The van der Waals surface area contributed by atoms with Gasteiger partial charge in [0.25, 0.3) is 0 Å². The van der Waals surface area contributed by atoms with Gasteiger partial charge in [-0.15, -0.1) is 0 Å². The third-order valence-corrected chi connectivity index (χ3v) is 4.67. The maximum atomic E-state index is 11.5. The van der Waals surface area contributed by atoms with Crippen molar-refractivity contribution in [3.05, 3.63) is 52.0 Å². The summed E-state index contributed by atoms with van der Waals surface area (Å²) < 4.78 is 28.7. The van der Waals surface area contributed by atoms with Crippen molar-refractivity contribution in [3.63, 3.8) is 0 Å². The molecule has 0 aliphatic heterocycles. The predicted octanol–water partition coefficient (Wildman–Crippen LogP) is 4.50. The van der Waals surface area contributed by atoms with Crippen LogP contribution in [0.2, 0.25) is 10.0 Å². The molecule has 0 radical (unpaired) electrons. The van der Waals surface area contributed by atoms with E-state index in [4.69, 9.17) is 27.9 Å². The summed E-state index contributed by atoms with van der Waals surface area (Å²) in [4.78, 5) is 0.291. The van der Waals surface area contributed by atoms with Gasteiger partial charge in [-0.25, -0.2) is 8.42 Å². The van der Waals surface area contributed by atoms with Crippen molar-refractivity contribution in [2.75, 3.05) is 6.26 Å². The molecule has 3 nitrogen and oxygen atoms in total. The van der Waals surface area contributed by atoms with Gasteiger partial charge in [0.2, 0.25) is 0 Å². The molecule has 0 unspecified atom stereocenters. The van der Waals surface area contributed by atoms with E-state index in [1.807, 2.05) is 0 Å². The van der Waals surface area contributed by atoms with E-state index in [1.165, 1.54) is 12.3 Å². The van der Waals surface area contributed by atoms with Crippen LogP contribution in [0, 0.1) is 6.92 Å². The van der Waals surface area contributed by atoms with E-state index in [9.17, 15) is 8.42 Å². The van der Waals surface area contributed by atoms with Crippen LogP contribution in [-0.4, -0.2) is 14.7 Å². The zero-order chi connectivity index (χ0) is 14.9. The molecule has 0 atom stereocenters. The Kier molecular flexibility index (Phi) is 4.28. The van der Waals surface area contributed by atoms with Crippen LogP contribution < -0.4 is 4.74 Å². The van der Waals surface area contributed by atoms with E-state index >= 15 is 0 Å². The Bertz CT molecular complexity index is 755. The van der Waals surface area contributed by atoms with E-state index in [-0.39, 0.29) is 0 Å². The van der Waals surface area contributed by atoms with Gasteiger partial charge >= 0.3 is 0 Å². The van der Waals surface area contributed by atoms with Crippen molar-refractivity contribution < 1.29 is 13.2 Å². The Morgan fingerprint density at radius 3 is 2.10 bits per heavy atom. The maximum Gasteiger partial charge on any atom is 0.175 e. The Labute approximate surface area is 128 Å². The highest BCUT2D eigenvalue weighted by atomic mass is 35.5. The molecule has 20 heavy (non-hydrogen) atoms. The normalized spacial score (nSPS) is 11.4. The molecule has 0 amide bonds. The topological polar surface area (TPSA) is 43.4 Å². The molecule has 2 aromatic carbocycles. The van der Waals surface area contributed by atoms with Crippen LogP contribution >= 0.6 is 23.2 Å². The highest BCUT2D eigenvalue weighted by Gasteiger charge is 2.11. The zero-order valence-corrected chi connectivity index (χ0v) is 13.2. The number of rotatable bonds is 3. The van der Waals surface area contributed by atoms with Crippen molar-refractivity contribution >= 4 is 33.0 Å². The summed E-state index contributed by atoms with van der Waals surface area (Å²) in [6.07, 6.45) is 1.18. The van der Waals surface area contributed by atoms with Gasteiger partial charge in [0.05, 0.1) is 14.9 Å². The fraction of sp³-hybridized carbons (Fsp3) is 0.143. The highest BCUT2D eigenvalue weighted by molar-refractivity contribution is 7.90. The minimum absolute atomic E-state index is 0.291. The second kappa shape index (κ2) is 5.64. The molecule has 106 valence electrons. The first-order valence-corrected chi connectivity index (χ1v) is 8.36. The smallest absolute Gasteiger partial charge is 0.175 e. The van der Waals surface area contributed by atoms with Crippen molar-refractivity contribution in [1.82, 2.24) is 0 Å². The minimum Gasteiger partial charge on any atom is -0.457 e. The van der Waals surface area contributed by atoms with Gasteiger partial charge < -0.3 is 4.74 Å². The molecular formula is C14H12Cl2O3S. The lowest BCUT2D eigenvalue weighted by molar-refractivity contribution is 0.481. The monoisotopic (exact) mass is 330 g/mol. The third-order valence-electron chi connectivity index (χ3n) is 2.67. The lowest BCUT2D eigenvalue weighted by atomic mass is 10.2. The number of halogens is 2. The van der Waals surface area contributed by atoms with E-state index < -0.39 is 9.84 Å². The van der Waals surface area contributed by atoms with Gasteiger partial charge in [-0.1, -0.05) is 23.2 Å². The quantitative estimate of drug-likeness (QED) is 0.832. The summed E-state index contributed by atoms with van der Waals surface area (Å²) in [7, 11) is -3.23. The first kappa shape index (κ1) is 15.2. The van der Waals surface area contributed by atoms with Gasteiger partial charge in [0, 0.05) is 12.3 Å². The van der Waals surface area contributed by atoms with Crippen LogP contribution in [0.3, 0.4) is 0 Å². The Morgan fingerprint density at radius 1 is 0.950 bits per heavy atom. The standard InChI is InChI=1S/C14H12Cl2O3S/c1-9-7-10(4-6-14(9)20(2,17)18)19-11-3-5-12(15)13(16)8-11/h3-8H,1-2H3. The Balaban J connectivity index is 2.31. The number of sulfone groups is 1. The Morgan fingerprint density at radius 2 is 1.55 bits per heavy atom. The van der Waals surface area contributed by atoms with Gasteiger partial charge in [-0.2, -0.15) is 0 Å². The lowest BCUT2D eigenvalue weighted by Crippen LogP contribution is -2.00. The summed E-state index contributed by atoms with van der Waals surface area (Å²) >= 11 is 11.7. The summed E-state index contributed by atoms with van der Waals surface area (Å²) in [6, 6.07) is 9.72. The van der Waals surface area contributed by atoms with Gasteiger partial charge in [-0.3, -0.25) is 0 Å². The molecule has 0 aliphatic rings. The number of ether oxygens (including phenoxy) is 1. The maximum absolute atomic E-state index is 11.5. The molecule has 2 aromatic rings. The summed E-state index contributed by atoms with van der Waals surface area (Å²) in [6.45, 7) is 1.72. The molecule has 0 saturated carbocycles. The molecule has 0 bridgehead atoms. The van der Waals surface area contributed by atoms with Crippen LogP contribution in [0.15, 0.2) is 41.3 Å². The minimum atomic E-state index is -3.23. The number of hydrogen-bond donors (Lipinski definition) is 0. The van der Waals surface area contributed by atoms with E-state index in [0.717, 1.165) is 0 Å². The van der Waals surface area contributed by atoms with E-state index in [1.54, 1.807) is 37.3 Å². The van der Waals surface area contributed by atoms with Gasteiger partial charge in [0.1, 0.15) is 11.5 Å². The average molecular weight is 331 g/mol. The predicted molar refractivity (Wildman–Crippen MR) is 80.8 cm³/mol. The van der Waals surface area contributed by atoms with Gasteiger partial charge in [-0.05, 0) is 42.8 Å². The zero-order valence-electron chi connectivity index (χ0n) is 10.9. The Hall–Kier alpha value is -1.23. The van der Waals surface area contributed by atoms with E-state index in [2.05, 4.69) is 0 Å². The van der Waals surface area contributed by atoms with Crippen LogP contribution in [-0.2, 0) is 9.84 Å². The molecule has 6 heteroatoms. The van der Waals surface area contributed by atoms with Crippen molar-refractivity contribution in [2.45, 2.75) is 11.8 Å². The lowest BCUT2D eigenvalue weighted by Gasteiger charge is -2.09. The molecule has 0 spiro atoms. The SMILES string of the molecule is Cc1cc(Oc2ccc(Cl)c(Cl)c2)ccc1S(C)(=O)=O. The highest BCUT2D eigenvalue weighted by Crippen LogP contribution is 2.30. The van der Waals surface area contributed by atoms with E-state index in [0.29, 0.717) is 32.0 Å². The van der Waals surface area contributed by atoms with Crippen molar-refractivity contribution in [1.29, 1.82) is 0 Å². The van der Waals surface area contributed by atoms with Crippen LogP contribution in [0.25, 0.3) is 0 Å². The molecule has 2 rings (SSSR count). The first-order chi connectivity index (χ1) is 9.27. The molecule has 0 aromatic heterocycles. The fourth-order valence-electron chi connectivity index (χ4n) is 1.78.